The summed E-state index contributed by atoms with van der Waals surface area (Å²) in [5.41, 5.74) is 7.09. The number of nitrogens with one attached hydrogen (secondary N) is 2. The molecule has 2 aromatic heterocycles. The van der Waals surface area contributed by atoms with Crippen LogP contribution in [0, 0.1) is 0 Å². The Bertz CT molecular complexity index is 897. The van der Waals surface area contributed by atoms with Crippen LogP contribution in [0.4, 0.5) is 5.95 Å². The third-order valence-electron chi connectivity index (χ3n) is 3.13. The van der Waals surface area contributed by atoms with Crippen molar-refractivity contribution in [2.45, 2.75) is 5.03 Å². The Balaban J connectivity index is 1.57. The van der Waals surface area contributed by atoms with Crippen molar-refractivity contribution in [2.75, 3.05) is 18.0 Å². The molecule has 0 spiro atoms. The van der Waals surface area contributed by atoms with E-state index in [1.807, 2.05) is 0 Å². The van der Waals surface area contributed by atoms with Crippen molar-refractivity contribution in [3.8, 4) is 11.5 Å². The van der Waals surface area contributed by atoms with Gasteiger partial charge in [0.1, 0.15) is 10.5 Å². The fraction of sp³-hybridized carbons (Fsp3) is 0.143. The first-order valence-electron chi connectivity index (χ1n) is 6.94. The standard InChI is InChI=1S/C14H14N6O3S/c15-14-19-11-10(17-6-18-11)13(20-14)24-4-3-16-12(23)7-1-2-8(21)9(22)5-7/h1-2,5-6,21-22H,3-4H2,(H,16,23)(H3,15,17,18,19,20). The molecule has 3 rings (SSSR count). The third-order valence-corrected chi connectivity index (χ3v) is 4.11. The monoisotopic (exact) mass is 346 g/mol. The highest BCUT2D eigenvalue weighted by molar-refractivity contribution is 7.99. The summed E-state index contributed by atoms with van der Waals surface area (Å²) in [5, 5.41) is 22.0. The first kappa shape index (κ1) is 15.9. The van der Waals surface area contributed by atoms with Gasteiger partial charge in [0.25, 0.3) is 5.91 Å². The van der Waals surface area contributed by atoms with Crippen LogP contribution >= 0.6 is 11.8 Å². The Hall–Kier alpha value is -3.01. The number of rotatable bonds is 5. The summed E-state index contributed by atoms with van der Waals surface area (Å²) in [7, 11) is 0. The van der Waals surface area contributed by atoms with Crippen LogP contribution in [0.25, 0.3) is 11.2 Å². The number of carbonyl (C=O) groups excluding carboxylic acids is 1. The molecule has 24 heavy (non-hydrogen) atoms. The topological polar surface area (TPSA) is 150 Å². The normalized spacial score (nSPS) is 10.8. The quantitative estimate of drug-likeness (QED) is 0.198. The van der Waals surface area contributed by atoms with E-state index < -0.39 is 0 Å². The van der Waals surface area contributed by atoms with Gasteiger partial charge in [-0.25, -0.2) is 9.97 Å². The van der Waals surface area contributed by atoms with E-state index in [2.05, 4.69) is 25.3 Å². The molecule has 3 aromatic rings. The molecule has 0 atom stereocenters. The van der Waals surface area contributed by atoms with Gasteiger partial charge in [-0.1, -0.05) is 0 Å². The number of phenols is 2. The van der Waals surface area contributed by atoms with Gasteiger partial charge in [-0.05, 0) is 18.2 Å². The summed E-state index contributed by atoms with van der Waals surface area (Å²) in [5.74, 6) is -0.261. The van der Waals surface area contributed by atoms with Gasteiger partial charge in [-0.15, -0.1) is 11.8 Å². The molecular weight excluding hydrogens is 332 g/mol. The van der Waals surface area contributed by atoms with Crippen molar-refractivity contribution in [3.05, 3.63) is 30.1 Å². The summed E-state index contributed by atoms with van der Waals surface area (Å²) < 4.78 is 0. The van der Waals surface area contributed by atoms with E-state index in [1.54, 1.807) is 0 Å². The summed E-state index contributed by atoms with van der Waals surface area (Å²) in [6.45, 7) is 0.380. The molecule has 1 amide bonds. The molecule has 0 aliphatic rings. The number of anilines is 1. The van der Waals surface area contributed by atoms with E-state index in [0.717, 1.165) is 0 Å². The number of aromatic hydroxyl groups is 2. The summed E-state index contributed by atoms with van der Waals surface area (Å²) in [6, 6.07) is 3.89. The van der Waals surface area contributed by atoms with Crippen molar-refractivity contribution < 1.29 is 15.0 Å². The molecule has 9 nitrogen and oxygen atoms in total. The number of phenolic OH excluding ortho intramolecular Hbond substituents is 2. The molecule has 0 aliphatic carbocycles. The number of benzene rings is 1. The number of hydrogen-bond donors (Lipinski definition) is 5. The average Bonchev–Trinajstić information content (AvgIpc) is 3.02. The molecule has 0 radical (unpaired) electrons. The highest BCUT2D eigenvalue weighted by Crippen LogP contribution is 2.25. The molecule has 0 saturated carbocycles. The number of H-pyrrole nitrogens is 1. The predicted molar refractivity (Wildman–Crippen MR) is 88.9 cm³/mol. The highest BCUT2D eigenvalue weighted by Gasteiger charge is 2.11. The minimum absolute atomic E-state index is 0.140. The lowest BCUT2D eigenvalue weighted by Crippen LogP contribution is -2.25. The van der Waals surface area contributed by atoms with E-state index in [1.165, 1.54) is 36.3 Å². The maximum atomic E-state index is 12.0. The number of nitrogens with two attached hydrogens (primary N) is 1. The maximum Gasteiger partial charge on any atom is 0.251 e. The number of aromatic nitrogens is 4. The summed E-state index contributed by atoms with van der Waals surface area (Å²) in [6.07, 6.45) is 1.52. The molecule has 0 bridgehead atoms. The zero-order chi connectivity index (χ0) is 17.1. The van der Waals surface area contributed by atoms with Crippen molar-refractivity contribution >= 4 is 34.8 Å². The molecule has 10 heteroatoms. The largest absolute Gasteiger partial charge is 0.504 e. The second-order valence-corrected chi connectivity index (χ2v) is 5.88. The number of amides is 1. The van der Waals surface area contributed by atoms with Gasteiger partial charge in [0.05, 0.1) is 6.33 Å². The lowest BCUT2D eigenvalue weighted by molar-refractivity contribution is 0.0955. The number of thioether (sulfide) groups is 1. The number of imidazole rings is 1. The van der Waals surface area contributed by atoms with Crippen molar-refractivity contribution in [1.29, 1.82) is 0 Å². The molecule has 0 saturated heterocycles. The van der Waals surface area contributed by atoms with Crippen LogP contribution in [0.1, 0.15) is 10.4 Å². The van der Waals surface area contributed by atoms with Gasteiger partial charge in [-0.2, -0.15) is 4.98 Å². The molecule has 0 unspecified atom stereocenters. The van der Waals surface area contributed by atoms with E-state index in [9.17, 15) is 15.0 Å². The van der Waals surface area contributed by atoms with Crippen LogP contribution in [0.2, 0.25) is 0 Å². The van der Waals surface area contributed by atoms with Crippen LogP contribution < -0.4 is 11.1 Å². The third kappa shape index (κ3) is 3.33. The SMILES string of the molecule is Nc1nc(SCCNC(=O)c2ccc(O)c(O)c2)c2[nH]cnc2n1. The van der Waals surface area contributed by atoms with Gasteiger partial charge >= 0.3 is 0 Å². The van der Waals surface area contributed by atoms with Gasteiger partial charge in [0.2, 0.25) is 5.95 Å². The van der Waals surface area contributed by atoms with Crippen molar-refractivity contribution in [2.24, 2.45) is 0 Å². The smallest absolute Gasteiger partial charge is 0.251 e. The minimum atomic E-state index is -0.347. The second kappa shape index (κ2) is 6.62. The second-order valence-electron chi connectivity index (χ2n) is 4.80. The highest BCUT2D eigenvalue weighted by atomic mass is 32.2. The lowest BCUT2D eigenvalue weighted by atomic mass is 10.2. The van der Waals surface area contributed by atoms with E-state index in [4.69, 9.17) is 5.73 Å². The number of nitrogens with zero attached hydrogens (tertiary/aromatic N) is 3. The first-order chi connectivity index (χ1) is 11.5. The van der Waals surface area contributed by atoms with Crippen LogP contribution in [0.3, 0.4) is 0 Å². The molecule has 124 valence electrons. The Morgan fingerprint density at radius 3 is 2.92 bits per heavy atom. The Labute approximate surface area is 140 Å². The van der Waals surface area contributed by atoms with Crippen molar-refractivity contribution in [1.82, 2.24) is 25.3 Å². The van der Waals surface area contributed by atoms with E-state index in [-0.39, 0.29) is 28.9 Å². The molecule has 6 N–H and O–H groups in total. The maximum absolute atomic E-state index is 12.0. The zero-order valence-corrected chi connectivity index (χ0v) is 13.2. The summed E-state index contributed by atoms with van der Waals surface area (Å²) in [4.78, 5) is 27.1. The molecule has 2 heterocycles. The number of fused-ring (bicyclic) bond motifs is 1. The Kier molecular flexibility index (Phi) is 4.38. The van der Waals surface area contributed by atoms with Gasteiger partial charge in [-0.3, -0.25) is 4.79 Å². The Morgan fingerprint density at radius 1 is 1.29 bits per heavy atom. The number of carbonyl (C=O) groups is 1. The van der Waals surface area contributed by atoms with Gasteiger partial charge in [0, 0.05) is 17.9 Å². The number of aromatic amines is 1. The van der Waals surface area contributed by atoms with Crippen LogP contribution in [0.15, 0.2) is 29.6 Å². The zero-order valence-electron chi connectivity index (χ0n) is 12.4. The van der Waals surface area contributed by atoms with Crippen LogP contribution in [-0.2, 0) is 0 Å². The minimum Gasteiger partial charge on any atom is -0.504 e. The fourth-order valence-electron chi connectivity index (χ4n) is 2.01. The van der Waals surface area contributed by atoms with Crippen LogP contribution in [0.5, 0.6) is 11.5 Å². The van der Waals surface area contributed by atoms with E-state index >= 15 is 0 Å². The number of nitrogen functional groups attached to an aromatic ring is 1. The van der Waals surface area contributed by atoms with Crippen LogP contribution in [-0.4, -0.2) is 48.4 Å². The number of hydrogen-bond acceptors (Lipinski definition) is 8. The summed E-state index contributed by atoms with van der Waals surface area (Å²) >= 11 is 1.41. The fourth-order valence-corrected chi connectivity index (χ4v) is 2.86. The molecule has 0 fully saturated rings. The molecule has 1 aromatic carbocycles. The van der Waals surface area contributed by atoms with Gasteiger partial charge in [0.15, 0.2) is 17.1 Å². The van der Waals surface area contributed by atoms with E-state index in [0.29, 0.717) is 28.5 Å². The Morgan fingerprint density at radius 2 is 2.12 bits per heavy atom. The molecule has 0 aliphatic heterocycles. The van der Waals surface area contributed by atoms with Crippen molar-refractivity contribution in [3.63, 3.8) is 0 Å². The molecular formula is C14H14N6O3S. The predicted octanol–water partition coefficient (Wildman–Crippen LogP) is 0.868. The van der Waals surface area contributed by atoms with Gasteiger partial charge < -0.3 is 26.2 Å². The lowest BCUT2D eigenvalue weighted by Gasteiger charge is -2.06. The average molecular weight is 346 g/mol. The first-order valence-corrected chi connectivity index (χ1v) is 7.92.